The molecule has 4 rings (SSSR count). The zero-order chi connectivity index (χ0) is 20.2. The van der Waals surface area contributed by atoms with Crippen LogP contribution in [-0.2, 0) is 19.5 Å². The van der Waals surface area contributed by atoms with Gasteiger partial charge in [-0.1, -0.05) is 30.3 Å². The largest absolute Gasteiger partial charge is 0.493 e. The Kier molecular flexibility index (Phi) is 5.67. The standard InChI is InChI=1S/C22H26N4O3/c1-27-18-13-16(14-19(28-2)21(18)29-3)15-25-10-9-20-23-24-22(26(20)12-11-25)17-7-5-4-6-8-17/h4-8,13-14H,9-12,15H2,1-3H3. The van der Waals surface area contributed by atoms with Gasteiger partial charge in [0.2, 0.25) is 5.75 Å². The van der Waals surface area contributed by atoms with Crippen molar-refractivity contribution in [2.24, 2.45) is 0 Å². The summed E-state index contributed by atoms with van der Waals surface area (Å²) in [5.41, 5.74) is 2.23. The highest BCUT2D eigenvalue weighted by atomic mass is 16.5. The number of nitrogens with zero attached hydrogens (tertiary/aromatic N) is 4. The van der Waals surface area contributed by atoms with Crippen molar-refractivity contribution in [1.29, 1.82) is 0 Å². The molecule has 0 spiro atoms. The van der Waals surface area contributed by atoms with E-state index in [-0.39, 0.29) is 0 Å². The number of methoxy groups -OCH3 is 3. The first-order valence-electron chi connectivity index (χ1n) is 9.72. The van der Waals surface area contributed by atoms with Crippen LogP contribution in [0.4, 0.5) is 0 Å². The van der Waals surface area contributed by atoms with Gasteiger partial charge in [-0.15, -0.1) is 10.2 Å². The van der Waals surface area contributed by atoms with Gasteiger partial charge in [-0.2, -0.15) is 0 Å². The van der Waals surface area contributed by atoms with Gasteiger partial charge in [-0.3, -0.25) is 4.90 Å². The Bertz CT molecular complexity index is 946. The van der Waals surface area contributed by atoms with E-state index in [1.807, 2.05) is 30.3 Å². The molecule has 0 saturated heterocycles. The van der Waals surface area contributed by atoms with E-state index in [0.717, 1.165) is 55.4 Å². The summed E-state index contributed by atoms with van der Waals surface area (Å²) in [5, 5.41) is 8.87. The van der Waals surface area contributed by atoms with E-state index in [1.165, 1.54) is 0 Å². The minimum absolute atomic E-state index is 0.619. The normalized spacial score (nSPS) is 14.2. The van der Waals surface area contributed by atoms with E-state index in [9.17, 15) is 0 Å². The number of benzene rings is 2. The van der Waals surface area contributed by atoms with Crippen LogP contribution in [0.3, 0.4) is 0 Å². The molecular weight excluding hydrogens is 368 g/mol. The fourth-order valence-electron chi connectivity index (χ4n) is 3.81. The maximum absolute atomic E-state index is 5.49. The van der Waals surface area contributed by atoms with E-state index in [4.69, 9.17) is 14.2 Å². The maximum Gasteiger partial charge on any atom is 0.203 e. The molecule has 3 aromatic rings. The lowest BCUT2D eigenvalue weighted by Crippen LogP contribution is -2.26. The Morgan fingerprint density at radius 1 is 0.862 bits per heavy atom. The van der Waals surface area contributed by atoms with Gasteiger partial charge in [0.25, 0.3) is 0 Å². The van der Waals surface area contributed by atoms with Crippen LogP contribution in [0.2, 0.25) is 0 Å². The van der Waals surface area contributed by atoms with E-state index < -0.39 is 0 Å². The summed E-state index contributed by atoms with van der Waals surface area (Å²) in [4.78, 5) is 2.42. The van der Waals surface area contributed by atoms with Crippen LogP contribution < -0.4 is 14.2 Å². The molecule has 0 atom stereocenters. The number of rotatable bonds is 6. The molecule has 152 valence electrons. The Hall–Kier alpha value is -3.06. The minimum atomic E-state index is 0.619. The van der Waals surface area contributed by atoms with Crippen molar-refractivity contribution < 1.29 is 14.2 Å². The van der Waals surface area contributed by atoms with Gasteiger partial charge in [0.1, 0.15) is 5.82 Å². The molecule has 0 fully saturated rings. The molecule has 2 heterocycles. The molecule has 0 N–H and O–H groups in total. The van der Waals surface area contributed by atoms with Crippen molar-refractivity contribution in [1.82, 2.24) is 19.7 Å². The molecule has 0 bridgehead atoms. The number of hydrogen-bond acceptors (Lipinski definition) is 6. The van der Waals surface area contributed by atoms with E-state index >= 15 is 0 Å². The zero-order valence-corrected chi connectivity index (χ0v) is 17.1. The average Bonchev–Trinajstić information content (AvgIpc) is 3.08. The molecule has 0 unspecified atom stereocenters. The van der Waals surface area contributed by atoms with Gasteiger partial charge in [-0.25, -0.2) is 0 Å². The molecule has 1 aliphatic rings. The van der Waals surface area contributed by atoms with Crippen molar-refractivity contribution in [2.45, 2.75) is 19.5 Å². The summed E-state index contributed by atoms with van der Waals surface area (Å²) in [7, 11) is 4.91. The molecular formula is C22H26N4O3. The van der Waals surface area contributed by atoms with Crippen LogP contribution in [-0.4, -0.2) is 54.1 Å². The molecule has 0 radical (unpaired) electrons. The fourth-order valence-corrected chi connectivity index (χ4v) is 3.81. The molecule has 1 aromatic heterocycles. The SMILES string of the molecule is COc1cc(CN2CCc3nnc(-c4ccccc4)n3CC2)cc(OC)c1OC. The second-order valence-corrected chi connectivity index (χ2v) is 7.02. The van der Waals surface area contributed by atoms with Crippen molar-refractivity contribution in [3.63, 3.8) is 0 Å². The Morgan fingerprint density at radius 2 is 1.59 bits per heavy atom. The van der Waals surface area contributed by atoms with Crippen LogP contribution >= 0.6 is 0 Å². The number of hydrogen-bond donors (Lipinski definition) is 0. The first kappa shape index (κ1) is 19.3. The third-order valence-corrected chi connectivity index (χ3v) is 5.28. The lowest BCUT2D eigenvalue weighted by molar-refractivity contribution is 0.269. The third-order valence-electron chi connectivity index (χ3n) is 5.28. The van der Waals surface area contributed by atoms with E-state index in [0.29, 0.717) is 17.2 Å². The second-order valence-electron chi connectivity index (χ2n) is 7.02. The highest BCUT2D eigenvalue weighted by Crippen LogP contribution is 2.38. The van der Waals surface area contributed by atoms with Crippen molar-refractivity contribution in [2.75, 3.05) is 34.4 Å². The number of ether oxygens (including phenoxy) is 3. The number of aromatic nitrogens is 3. The van der Waals surface area contributed by atoms with E-state index in [2.05, 4.69) is 31.8 Å². The maximum atomic E-state index is 5.49. The summed E-state index contributed by atoms with van der Waals surface area (Å²) in [6.07, 6.45) is 0.865. The zero-order valence-electron chi connectivity index (χ0n) is 17.1. The molecule has 0 saturated carbocycles. The second kappa shape index (κ2) is 8.53. The predicted molar refractivity (Wildman–Crippen MR) is 111 cm³/mol. The molecule has 1 aliphatic heterocycles. The van der Waals surface area contributed by atoms with Crippen LogP contribution in [0.15, 0.2) is 42.5 Å². The average molecular weight is 394 g/mol. The summed E-state index contributed by atoms with van der Waals surface area (Å²) >= 11 is 0. The molecule has 0 aliphatic carbocycles. The Labute approximate surface area is 170 Å². The smallest absolute Gasteiger partial charge is 0.203 e. The van der Waals surface area contributed by atoms with Crippen molar-refractivity contribution in [3.05, 3.63) is 53.9 Å². The van der Waals surface area contributed by atoms with Gasteiger partial charge >= 0.3 is 0 Å². The summed E-state index contributed by atoms with van der Waals surface area (Å²) in [6.45, 7) is 3.50. The molecule has 7 heteroatoms. The molecule has 2 aromatic carbocycles. The van der Waals surface area contributed by atoms with Gasteiger partial charge in [0.05, 0.1) is 21.3 Å². The van der Waals surface area contributed by atoms with Crippen LogP contribution in [0, 0.1) is 0 Å². The Morgan fingerprint density at radius 3 is 2.24 bits per heavy atom. The quantitative estimate of drug-likeness (QED) is 0.640. The summed E-state index contributed by atoms with van der Waals surface area (Å²) < 4.78 is 18.6. The molecule has 7 nitrogen and oxygen atoms in total. The molecule has 29 heavy (non-hydrogen) atoms. The fraction of sp³-hybridized carbons (Fsp3) is 0.364. The topological polar surface area (TPSA) is 61.6 Å². The van der Waals surface area contributed by atoms with Gasteiger partial charge in [0.15, 0.2) is 17.3 Å². The van der Waals surface area contributed by atoms with Crippen molar-refractivity contribution >= 4 is 0 Å². The highest BCUT2D eigenvalue weighted by Gasteiger charge is 2.21. The Balaban J connectivity index is 1.52. The number of fused-ring (bicyclic) bond motifs is 1. The first-order valence-corrected chi connectivity index (χ1v) is 9.72. The summed E-state index contributed by atoms with van der Waals surface area (Å²) in [5.74, 6) is 3.96. The lowest BCUT2D eigenvalue weighted by atomic mass is 10.1. The third kappa shape index (κ3) is 3.91. The summed E-state index contributed by atoms with van der Waals surface area (Å²) in [6, 6.07) is 14.3. The lowest BCUT2D eigenvalue weighted by Gasteiger charge is -2.21. The van der Waals surface area contributed by atoms with Gasteiger partial charge < -0.3 is 18.8 Å². The minimum Gasteiger partial charge on any atom is -0.493 e. The molecule has 0 amide bonds. The predicted octanol–water partition coefficient (Wildman–Crippen LogP) is 3.03. The van der Waals surface area contributed by atoms with E-state index in [1.54, 1.807) is 21.3 Å². The van der Waals surface area contributed by atoms with Crippen LogP contribution in [0.1, 0.15) is 11.4 Å². The van der Waals surface area contributed by atoms with Crippen molar-refractivity contribution in [3.8, 4) is 28.6 Å². The highest BCUT2D eigenvalue weighted by molar-refractivity contribution is 5.55. The van der Waals surface area contributed by atoms with Gasteiger partial charge in [-0.05, 0) is 17.7 Å². The van der Waals surface area contributed by atoms with Crippen LogP contribution in [0.25, 0.3) is 11.4 Å². The van der Waals surface area contributed by atoms with Gasteiger partial charge in [0, 0.05) is 38.2 Å². The monoisotopic (exact) mass is 394 g/mol. The first-order chi connectivity index (χ1) is 14.2. The van der Waals surface area contributed by atoms with Crippen LogP contribution in [0.5, 0.6) is 17.2 Å².